The van der Waals surface area contributed by atoms with Crippen LogP contribution in [0.4, 0.5) is 19.0 Å². The fraction of sp³-hybridized carbons (Fsp3) is 0.316. The third-order valence-electron chi connectivity index (χ3n) is 4.31. The van der Waals surface area contributed by atoms with Crippen LogP contribution in [-0.2, 0) is 0 Å². The van der Waals surface area contributed by atoms with Crippen LogP contribution in [0.25, 0.3) is 16.9 Å². The zero-order chi connectivity index (χ0) is 20.5. The predicted molar refractivity (Wildman–Crippen MR) is 105 cm³/mol. The molecule has 28 heavy (non-hydrogen) atoms. The first-order chi connectivity index (χ1) is 13.2. The van der Waals surface area contributed by atoms with Gasteiger partial charge >= 0.3 is 6.18 Å². The van der Waals surface area contributed by atoms with Gasteiger partial charge in [0, 0.05) is 30.3 Å². The van der Waals surface area contributed by atoms with Gasteiger partial charge in [-0.3, -0.25) is 9.20 Å². The smallest absolute Gasteiger partial charge is 0.367 e. The minimum atomic E-state index is -4.24. The Morgan fingerprint density at radius 1 is 1.32 bits per heavy atom. The van der Waals surface area contributed by atoms with Gasteiger partial charge in [0.2, 0.25) is 0 Å². The van der Waals surface area contributed by atoms with Crippen molar-refractivity contribution in [3.63, 3.8) is 0 Å². The van der Waals surface area contributed by atoms with E-state index in [0.29, 0.717) is 22.2 Å². The van der Waals surface area contributed by atoms with Crippen LogP contribution >= 0.6 is 15.9 Å². The average molecular weight is 455 g/mol. The Morgan fingerprint density at radius 3 is 2.71 bits per heavy atom. The second-order valence-electron chi connectivity index (χ2n) is 6.35. The van der Waals surface area contributed by atoms with Crippen molar-refractivity contribution in [1.29, 1.82) is 0 Å². The Balaban J connectivity index is 1.98. The molecule has 0 saturated carbocycles. The van der Waals surface area contributed by atoms with Crippen LogP contribution in [0.5, 0.6) is 0 Å². The second kappa shape index (κ2) is 7.90. The Hall–Kier alpha value is -2.42. The first kappa shape index (κ1) is 20.3. The molecule has 2 aromatic heterocycles. The topological polar surface area (TPSA) is 59.3 Å². The molecule has 1 aromatic carbocycles. The summed E-state index contributed by atoms with van der Waals surface area (Å²) in [6.45, 7) is 3.40. The molecule has 0 spiro atoms. The van der Waals surface area contributed by atoms with Gasteiger partial charge in [0.25, 0.3) is 0 Å². The Morgan fingerprint density at radius 2 is 2.07 bits per heavy atom. The quantitative estimate of drug-likeness (QED) is 0.504. The van der Waals surface area contributed by atoms with E-state index in [0.717, 1.165) is 16.8 Å². The first-order valence-corrected chi connectivity index (χ1v) is 9.47. The van der Waals surface area contributed by atoms with Gasteiger partial charge in [0.05, 0.1) is 18.3 Å². The van der Waals surface area contributed by atoms with Gasteiger partial charge in [0.15, 0.2) is 17.2 Å². The van der Waals surface area contributed by atoms with Crippen LogP contribution in [-0.4, -0.2) is 32.9 Å². The van der Waals surface area contributed by atoms with Crippen molar-refractivity contribution in [1.82, 2.24) is 14.4 Å². The third kappa shape index (κ3) is 4.35. The largest absolute Gasteiger partial charge is 0.390 e. The molecule has 148 valence electrons. The molecule has 5 nitrogen and oxygen atoms in total. The Kier molecular flexibility index (Phi) is 5.74. The van der Waals surface area contributed by atoms with Gasteiger partial charge < -0.3 is 5.32 Å². The van der Waals surface area contributed by atoms with E-state index < -0.39 is 12.6 Å². The molecule has 2 heterocycles. The zero-order valence-corrected chi connectivity index (χ0v) is 16.9. The molecule has 9 heteroatoms. The fourth-order valence-corrected chi connectivity index (χ4v) is 3.32. The number of aromatic nitrogens is 3. The van der Waals surface area contributed by atoms with E-state index in [2.05, 4.69) is 31.2 Å². The maximum absolute atomic E-state index is 12.4. The molecule has 1 N–H and O–H groups in total. The third-order valence-corrected chi connectivity index (χ3v) is 4.69. The van der Waals surface area contributed by atoms with E-state index in [9.17, 15) is 18.0 Å². The number of Topliss-reactive ketones (excluding diaryl/α,β-unsaturated/α-hetero) is 1. The van der Waals surface area contributed by atoms with Gasteiger partial charge in [-0.2, -0.15) is 13.2 Å². The number of carbonyl (C=O) groups excluding carboxylic acids is 1. The molecular weight excluding hydrogens is 437 g/mol. The number of halogens is 4. The van der Waals surface area contributed by atoms with Crippen LogP contribution in [0, 0.1) is 6.92 Å². The molecule has 0 saturated heterocycles. The number of alkyl halides is 3. The number of carbonyl (C=O) groups is 1. The molecule has 0 atom stereocenters. The Labute approximate surface area is 168 Å². The molecule has 0 radical (unpaired) electrons. The van der Waals surface area contributed by atoms with Crippen molar-refractivity contribution in [2.45, 2.75) is 32.9 Å². The van der Waals surface area contributed by atoms with E-state index in [4.69, 9.17) is 0 Å². The predicted octanol–water partition coefficient (Wildman–Crippen LogP) is 5.42. The summed E-state index contributed by atoms with van der Waals surface area (Å²) in [5, 5.41) is 2.70. The number of nitrogens with zero attached hydrogens (tertiary/aromatic N) is 3. The molecule has 0 aliphatic heterocycles. The highest BCUT2D eigenvalue weighted by Crippen LogP contribution is 2.28. The van der Waals surface area contributed by atoms with Crippen molar-refractivity contribution in [3.8, 4) is 11.3 Å². The number of benzene rings is 1. The Bertz CT molecular complexity index is 1030. The van der Waals surface area contributed by atoms with Crippen LogP contribution in [0.15, 0.2) is 35.2 Å². The number of aryl methyl sites for hydroxylation is 1. The maximum Gasteiger partial charge on any atom is 0.390 e. The lowest BCUT2D eigenvalue weighted by molar-refractivity contribution is -0.131. The van der Waals surface area contributed by atoms with Gasteiger partial charge in [-0.15, -0.1) is 0 Å². The summed E-state index contributed by atoms with van der Waals surface area (Å²) in [5.41, 5.74) is 3.55. The molecule has 0 aliphatic rings. The van der Waals surface area contributed by atoms with Gasteiger partial charge in [-0.25, -0.2) is 9.97 Å². The number of nitrogens with one attached hydrogen (secondary N) is 1. The molecule has 3 aromatic rings. The molecule has 0 aliphatic carbocycles. The van der Waals surface area contributed by atoms with Crippen LogP contribution in [0.3, 0.4) is 0 Å². The number of hydrogen-bond donors (Lipinski definition) is 1. The highest BCUT2D eigenvalue weighted by molar-refractivity contribution is 9.10. The average Bonchev–Trinajstić information content (AvgIpc) is 3.03. The number of fused-ring (bicyclic) bond motifs is 1. The van der Waals surface area contributed by atoms with E-state index in [1.165, 1.54) is 0 Å². The summed E-state index contributed by atoms with van der Waals surface area (Å²) in [5.74, 6) is 0.338. The normalized spacial score (nSPS) is 11.8. The number of rotatable bonds is 6. The SMILES string of the molecule is CCC(=O)c1ccc(-c2cnc3c(NCCC(F)(F)F)nc(Br)cn23)cc1C. The van der Waals surface area contributed by atoms with Gasteiger partial charge in [-0.1, -0.05) is 19.1 Å². The number of anilines is 1. The maximum atomic E-state index is 12.4. The lowest BCUT2D eigenvalue weighted by Crippen LogP contribution is -2.15. The van der Waals surface area contributed by atoms with Crippen molar-refractivity contribution < 1.29 is 18.0 Å². The lowest BCUT2D eigenvalue weighted by atomic mass is 9.99. The molecule has 3 rings (SSSR count). The molecular formula is C19H18BrF3N4O. The van der Waals surface area contributed by atoms with Gasteiger partial charge in [0.1, 0.15) is 4.60 Å². The van der Waals surface area contributed by atoms with Crippen molar-refractivity contribution in [2.75, 3.05) is 11.9 Å². The minimum Gasteiger partial charge on any atom is -0.367 e. The van der Waals surface area contributed by atoms with Crippen molar-refractivity contribution in [3.05, 3.63) is 46.3 Å². The highest BCUT2D eigenvalue weighted by atomic mass is 79.9. The number of imidazole rings is 1. The summed E-state index contributed by atoms with van der Waals surface area (Å²) in [6, 6.07) is 5.52. The molecule has 0 bridgehead atoms. The zero-order valence-electron chi connectivity index (χ0n) is 15.3. The first-order valence-electron chi connectivity index (χ1n) is 8.68. The van der Waals surface area contributed by atoms with Crippen molar-refractivity contribution >= 4 is 33.2 Å². The fourth-order valence-electron chi connectivity index (χ4n) is 2.94. The van der Waals surface area contributed by atoms with Crippen LogP contribution in [0.1, 0.15) is 35.7 Å². The summed E-state index contributed by atoms with van der Waals surface area (Å²) in [7, 11) is 0. The lowest BCUT2D eigenvalue weighted by Gasteiger charge is -2.11. The van der Waals surface area contributed by atoms with Crippen LogP contribution in [0.2, 0.25) is 0 Å². The van der Waals surface area contributed by atoms with E-state index in [-0.39, 0.29) is 18.1 Å². The van der Waals surface area contributed by atoms with Crippen LogP contribution < -0.4 is 5.32 Å². The number of hydrogen-bond acceptors (Lipinski definition) is 4. The second-order valence-corrected chi connectivity index (χ2v) is 7.16. The monoisotopic (exact) mass is 454 g/mol. The molecule has 0 amide bonds. The van der Waals surface area contributed by atoms with E-state index in [1.54, 1.807) is 22.9 Å². The summed E-state index contributed by atoms with van der Waals surface area (Å²) in [6.07, 6.45) is -1.44. The standard InChI is InChI=1S/C19H18BrF3N4O/c1-3-15(28)13-5-4-12(8-11(13)2)14-9-25-18-17(24-7-6-19(21,22)23)26-16(20)10-27(14)18/h4-5,8-10H,3,6-7H2,1-2H3,(H,24,26). The summed E-state index contributed by atoms with van der Waals surface area (Å²) < 4.78 is 39.5. The van der Waals surface area contributed by atoms with Crippen molar-refractivity contribution in [2.24, 2.45) is 0 Å². The van der Waals surface area contributed by atoms with Gasteiger partial charge in [-0.05, 0) is 34.5 Å². The molecule has 0 fully saturated rings. The molecule has 0 unspecified atom stereocenters. The number of ketones is 1. The summed E-state index contributed by atoms with van der Waals surface area (Å²) >= 11 is 3.29. The minimum absolute atomic E-state index is 0.0743. The van der Waals surface area contributed by atoms with E-state index in [1.807, 2.05) is 26.0 Å². The highest BCUT2D eigenvalue weighted by Gasteiger charge is 2.26. The summed E-state index contributed by atoms with van der Waals surface area (Å²) in [4.78, 5) is 20.5. The van der Waals surface area contributed by atoms with E-state index >= 15 is 0 Å².